The third-order valence-electron chi connectivity index (χ3n) is 4.45. The summed E-state index contributed by atoms with van der Waals surface area (Å²) in [6.45, 7) is 4.03. The molecule has 150 valence electrons. The van der Waals surface area contributed by atoms with E-state index >= 15 is 0 Å². The molecule has 10 heteroatoms. The van der Waals surface area contributed by atoms with E-state index < -0.39 is 15.9 Å². The van der Waals surface area contributed by atoms with Crippen molar-refractivity contribution in [1.82, 2.24) is 9.29 Å². The second-order valence-electron chi connectivity index (χ2n) is 6.42. The van der Waals surface area contributed by atoms with Crippen LogP contribution in [-0.2, 0) is 10.0 Å². The first-order valence-corrected chi connectivity index (χ1v) is 11.0. The molecule has 0 aliphatic carbocycles. The van der Waals surface area contributed by atoms with Crippen molar-refractivity contribution < 1.29 is 22.7 Å². The predicted molar refractivity (Wildman–Crippen MR) is 106 cm³/mol. The molecule has 1 aliphatic rings. The Morgan fingerprint density at radius 2 is 1.93 bits per heavy atom. The van der Waals surface area contributed by atoms with Crippen molar-refractivity contribution in [3.8, 4) is 5.75 Å². The Kier molecular flexibility index (Phi) is 5.82. The molecule has 1 saturated heterocycles. The molecule has 2 heterocycles. The number of Topliss-reactive ketones (excluding diaryl/α,β-unsaturated/α-hetero) is 1. The molecule has 1 aromatic carbocycles. The number of ketones is 1. The van der Waals surface area contributed by atoms with Crippen molar-refractivity contribution >= 4 is 38.2 Å². The lowest BCUT2D eigenvalue weighted by Gasteiger charge is -2.18. The maximum atomic E-state index is 12.9. The summed E-state index contributed by atoms with van der Waals surface area (Å²) in [7, 11) is -2.36. The van der Waals surface area contributed by atoms with Crippen molar-refractivity contribution in [2.24, 2.45) is 0 Å². The molecule has 0 atom stereocenters. The Morgan fingerprint density at radius 1 is 1.25 bits per heavy atom. The molecule has 1 N–H and O–H groups in total. The highest BCUT2D eigenvalue weighted by atomic mass is 32.2. The minimum absolute atomic E-state index is 0.0377. The predicted octanol–water partition coefficient (Wildman–Crippen LogP) is 2.70. The Labute approximate surface area is 167 Å². The van der Waals surface area contributed by atoms with Gasteiger partial charge in [-0.05, 0) is 38.0 Å². The van der Waals surface area contributed by atoms with Crippen LogP contribution in [0.25, 0.3) is 0 Å². The standard InChI is InChI=1S/C18H21N3O5S2/c1-11-16(12(2)22)27-18(19-11)20-17(23)13-6-7-14(26-3)15(10-13)28(24,25)21-8-4-5-9-21/h6-7,10H,4-5,8-9H2,1-3H3,(H,19,20,23). The summed E-state index contributed by atoms with van der Waals surface area (Å²) in [4.78, 5) is 28.8. The number of anilines is 1. The fraction of sp³-hybridized carbons (Fsp3) is 0.389. The number of ether oxygens (including phenoxy) is 1. The van der Waals surface area contributed by atoms with Crippen LogP contribution in [-0.4, -0.2) is 49.6 Å². The number of amides is 1. The lowest BCUT2D eigenvalue weighted by Crippen LogP contribution is -2.28. The van der Waals surface area contributed by atoms with Crippen LogP contribution in [0.3, 0.4) is 0 Å². The van der Waals surface area contributed by atoms with E-state index in [0.29, 0.717) is 23.7 Å². The average molecular weight is 424 g/mol. The minimum atomic E-state index is -3.75. The molecule has 2 aromatic rings. The summed E-state index contributed by atoms with van der Waals surface area (Å²) in [5.74, 6) is -0.448. The van der Waals surface area contributed by atoms with Gasteiger partial charge in [-0.3, -0.25) is 14.9 Å². The van der Waals surface area contributed by atoms with Gasteiger partial charge in [-0.15, -0.1) is 0 Å². The zero-order valence-electron chi connectivity index (χ0n) is 15.8. The summed E-state index contributed by atoms with van der Waals surface area (Å²) >= 11 is 1.08. The molecule has 0 unspecified atom stereocenters. The molecule has 1 fully saturated rings. The molecular weight excluding hydrogens is 402 g/mol. The van der Waals surface area contributed by atoms with Gasteiger partial charge in [-0.25, -0.2) is 13.4 Å². The molecule has 1 aromatic heterocycles. The zero-order chi connectivity index (χ0) is 20.5. The number of hydrogen-bond donors (Lipinski definition) is 1. The molecule has 28 heavy (non-hydrogen) atoms. The number of aryl methyl sites for hydroxylation is 1. The highest BCUT2D eigenvalue weighted by Gasteiger charge is 2.30. The summed E-state index contributed by atoms with van der Waals surface area (Å²) in [6, 6.07) is 4.27. The monoisotopic (exact) mass is 423 g/mol. The van der Waals surface area contributed by atoms with E-state index in [2.05, 4.69) is 10.3 Å². The smallest absolute Gasteiger partial charge is 0.257 e. The Hall–Kier alpha value is -2.30. The van der Waals surface area contributed by atoms with E-state index in [4.69, 9.17) is 4.74 Å². The number of nitrogens with zero attached hydrogens (tertiary/aromatic N) is 2. The van der Waals surface area contributed by atoms with Crippen LogP contribution in [0.2, 0.25) is 0 Å². The van der Waals surface area contributed by atoms with Gasteiger partial charge >= 0.3 is 0 Å². The van der Waals surface area contributed by atoms with Gasteiger partial charge in [0, 0.05) is 25.6 Å². The first-order chi connectivity index (χ1) is 13.2. The molecule has 0 saturated carbocycles. The highest BCUT2D eigenvalue weighted by Crippen LogP contribution is 2.30. The van der Waals surface area contributed by atoms with Gasteiger partial charge in [-0.2, -0.15) is 4.31 Å². The van der Waals surface area contributed by atoms with Crippen molar-refractivity contribution in [3.05, 3.63) is 34.3 Å². The quantitative estimate of drug-likeness (QED) is 0.716. The first-order valence-electron chi connectivity index (χ1n) is 8.72. The maximum Gasteiger partial charge on any atom is 0.257 e. The van der Waals surface area contributed by atoms with E-state index in [1.807, 2.05) is 0 Å². The topological polar surface area (TPSA) is 106 Å². The third kappa shape index (κ3) is 3.94. The van der Waals surface area contributed by atoms with Gasteiger partial charge in [0.25, 0.3) is 5.91 Å². The Morgan fingerprint density at radius 3 is 2.50 bits per heavy atom. The van der Waals surface area contributed by atoms with E-state index in [1.165, 1.54) is 36.5 Å². The van der Waals surface area contributed by atoms with Gasteiger partial charge in [0.15, 0.2) is 10.9 Å². The summed E-state index contributed by atoms with van der Waals surface area (Å²) in [5.41, 5.74) is 0.704. The number of thiazole rings is 1. The number of sulfonamides is 1. The summed E-state index contributed by atoms with van der Waals surface area (Å²) < 4.78 is 32.5. The lowest BCUT2D eigenvalue weighted by atomic mass is 10.2. The molecule has 1 amide bonds. The van der Waals surface area contributed by atoms with Crippen LogP contribution < -0.4 is 10.1 Å². The van der Waals surface area contributed by atoms with Crippen LogP contribution in [0, 0.1) is 6.92 Å². The van der Waals surface area contributed by atoms with Gasteiger partial charge < -0.3 is 4.74 Å². The molecular formula is C18H21N3O5S2. The lowest BCUT2D eigenvalue weighted by molar-refractivity contribution is 0.101. The number of carbonyl (C=O) groups is 2. The van der Waals surface area contributed by atoms with Crippen molar-refractivity contribution in [3.63, 3.8) is 0 Å². The number of hydrogen-bond acceptors (Lipinski definition) is 7. The average Bonchev–Trinajstić information content (AvgIpc) is 3.31. The number of nitrogens with one attached hydrogen (secondary N) is 1. The summed E-state index contributed by atoms with van der Waals surface area (Å²) in [5, 5.41) is 2.91. The van der Waals surface area contributed by atoms with Crippen LogP contribution >= 0.6 is 11.3 Å². The fourth-order valence-electron chi connectivity index (χ4n) is 3.03. The van der Waals surface area contributed by atoms with E-state index in [0.717, 1.165) is 24.2 Å². The molecule has 1 aliphatic heterocycles. The fourth-order valence-corrected chi connectivity index (χ4v) is 5.59. The van der Waals surface area contributed by atoms with Gasteiger partial charge in [0.2, 0.25) is 10.0 Å². The normalized spacial score (nSPS) is 14.8. The van der Waals surface area contributed by atoms with Crippen LogP contribution in [0.4, 0.5) is 5.13 Å². The second kappa shape index (κ2) is 7.98. The van der Waals surface area contributed by atoms with Gasteiger partial charge in [-0.1, -0.05) is 11.3 Å². The number of carbonyl (C=O) groups excluding carboxylic acids is 2. The molecule has 0 spiro atoms. The first kappa shape index (κ1) is 20.4. The van der Waals surface area contributed by atoms with Crippen LogP contribution in [0.1, 0.15) is 45.5 Å². The van der Waals surface area contributed by atoms with Gasteiger partial charge in [0.1, 0.15) is 10.6 Å². The number of benzene rings is 1. The van der Waals surface area contributed by atoms with E-state index in [1.54, 1.807) is 6.92 Å². The minimum Gasteiger partial charge on any atom is -0.495 e. The van der Waals surface area contributed by atoms with E-state index in [-0.39, 0.29) is 27.1 Å². The Balaban J connectivity index is 1.91. The van der Waals surface area contributed by atoms with Crippen molar-refractivity contribution in [2.75, 3.05) is 25.5 Å². The number of methoxy groups -OCH3 is 1. The molecule has 8 nitrogen and oxygen atoms in total. The molecule has 3 rings (SSSR count). The second-order valence-corrected chi connectivity index (χ2v) is 9.33. The molecule has 0 radical (unpaired) electrons. The summed E-state index contributed by atoms with van der Waals surface area (Å²) in [6.07, 6.45) is 1.62. The molecule has 0 bridgehead atoms. The largest absolute Gasteiger partial charge is 0.495 e. The highest BCUT2D eigenvalue weighted by molar-refractivity contribution is 7.89. The van der Waals surface area contributed by atoms with Crippen molar-refractivity contribution in [1.29, 1.82) is 0 Å². The van der Waals surface area contributed by atoms with E-state index in [9.17, 15) is 18.0 Å². The number of aromatic nitrogens is 1. The Bertz CT molecular complexity index is 1020. The maximum absolute atomic E-state index is 12.9. The SMILES string of the molecule is COc1ccc(C(=O)Nc2nc(C)c(C(C)=O)s2)cc1S(=O)(=O)N1CCCC1. The zero-order valence-corrected chi connectivity index (χ0v) is 17.4. The third-order valence-corrected chi connectivity index (χ3v) is 7.54. The van der Waals surface area contributed by atoms with Crippen molar-refractivity contribution in [2.45, 2.75) is 31.6 Å². The van der Waals surface area contributed by atoms with Crippen LogP contribution in [0.15, 0.2) is 23.1 Å². The van der Waals surface area contributed by atoms with Gasteiger partial charge in [0.05, 0.1) is 17.7 Å². The van der Waals surface area contributed by atoms with Crippen LogP contribution in [0.5, 0.6) is 5.75 Å². The number of rotatable bonds is 6.